The van der Waals surface area contributed by atoms with Crippen molar-refractivity contribution in [2.75, 3.05) is 10.6 Å². The van der Waals surface area contributed by atoms with Crippen LogP contribution in [0.2, 0.25) is 0 Å². The fourth-order valence-corrected chi connectivity index (χ4v) is 2.67. The molecule has 0 saturated carbocycles. The van der Waals surface area contributed by atoms with Crippen LogP contribution in [-0.4, -0.2) is 25.8 Å². The van der Waals surface area contributed by atoms with Crippen LogP contribution in [0.25, 0.3) is 0 Å². The summed E-state index contributed by atoms with van der Waals surface area (Å²) in [5.74, 6) is -3.32. The summed E-state index contributed by atoms with van der Waals surface area (Å²) in [5.41, 5.74) is 2.65. The van der Waals surface area contributed by atoms with Crippen LogP contribution in [0.5, 0.6) is 5.75 Å². The molecular weight excluding hydrogens is 406 g/mol. The highest BCUT2D eigenvalue weighted by Gasteiger charge is 2.29. The number of aryl methyl sites for hydroxylation is 2. The first kappa shape index (κ1) is 22.0. The first-order valence-electron chi connectivity index (χ1n) is 9.43. The number of carbonyl (C=O) groups excluding carboxylic acids is 1. The van der Waals surface area contributed by atoms with E-state index in [0.717, 1.165) is 18.1 Å². The minimum absolute atomic E-state index is 0.159. The molecule has 3 heterocycles. The fourth-order valence-electron chi connectivity index (χ4n) is 2.67. The van der Waals surface area contributed by atoms with Gasteiger partial charge in [-0.15, -0.1) is 0 Å². The van der Waals surface area contributed by atoms with Gasteiger partial charge in [0.05, 0.1) is 11.9 Å². The van der Waals surface area contributed by atoms with E-state index in [4.69, 9.17) is 4.74 Å². The smallest absolute Gasteiger partial charge is 0.303 e. The van der Waals surface area contributed by atoms with E-state index < -0.39 is 11.7 Å². The van der Waals surface area contributed by atoms with Gasteiger partial charge in [0.25, 0.3) is 0 Å². The maximum Gasteiger partial charge on any atom is 0.303 e. The molecule has 0 radical (unpaired) electrons. The zero-order valence-electron chi connectivity index (χ0n) is 17.5. The average Bonchev–Trinajstić information content (AvgIpc) is 2.67. The maximum absolute atomic E-state index is 13.7. The number of alkyl halides is 2. The lowest BCUT2D eigenvalue weighted by atomic mass is 10.2. The van der Waals surface area contributed by atoms with Gasteiger partial charge < -0.3 is 15.4 Å². The lowest BCUT2D eigenvalue weighted by molar-refractivity contribution is -0.114. The molecule has 8 nitrogen and oxygen atoms in total. The van der Waals surface area contributed by atoms with Crippen molar-refractivity contribution < 1.29 is 18.3 Å². The molecule has 0 unspecified atom stereocenters. The summed E-state index contributed by atoms with van der Waals surface area (Å²) in [6.45, 7) is 5.84. The molecular formula is C21H22F2N6O2. The minimum Gasteiger partial charge on any atom is -0.485 e. The predicted octanol–water partition coefficient (Wildman–Crippen LogP) is 4.28. The second-order valence-corrected chi connectivity index (χ2v) is 7.07. The van der Waals surface area contributed by atoms with E-state index in [-0.39, 0.29) is 24.1 Å². The van der Waals surface area contributed by atoms with Gasteiger partial charge in [-0.1, -0.05) is 0 Å². The topological polar surface area (TPSA) is 102 Å². The van der Waals surface area contributed by atoms with E-state index in [2.05, 4.69) is 30.6 Å². The minimum atomic E-state index is -3.20. The number of rotatable bonds is 7. The van der Waals surface area contributed by atoms with Crippen molar-refractivity contribution in [1.29, 1.82) is 0 Å². The molecule has 0 aliphatic rings. The Morgan fingerprint density at radius 3 is 2.61 bits per heavy atom. The summed E-state index contributed by atoms with van der Waals surface area (Å²) in [6.07, 6.45) is 4.82. The highest BCUT2D eigenvalue weighted by atomic mass is 19.3. The summed E-state index contributed by atoms with van der Waals surface area (Å²) >= 11 is 0. The first-order valence-corrected chi connectivity index (χ1v) is 9.43. The zero-order valence-corrected chi connectivity index (χ0v) is 17.5. The van der Waals surface area contributed by atoms with Crippen LogP contribution in [0.3, 0.4) is 0 Å². The van der Waals surface area contributed by atoms with Gasteiger partial charge >= 0.3 is 5.92 Å². The van der Waals surface area contributed by atoms with Crippen LogP contribution in [0, 0.1) is 13.8 Å². The first-order chi connectivity index (χ1) is 14.6. The second kappa shape index (κ2) is 8.99. The van der Waals surface area contributed by atoms with Gasteiger partial charge in [-0.05, 0) is 25.5 Å². The number of pyridine rings is 2. The van der Waals surface area contributed by atoms with E-state index in [9.17, 15) is 13.6 Å². The van der Waals surface area contributed by atoms with Crippen molar-refractivity contribution in [2.24, 2.45) is 0 Å². The monoisotopic (exact) mass is 428 g/mol. The molecule has 0 atom stereocenters. The van der Waals surface area contributed by atoms with Crippen LogP contribution in [-0.2, 0) is 17.3 Å². The SMILES string of the molecule is CC(=O)Nc1cc(Nc2cc(C)nc(C(C)(F)F)n2)c(OCc2cnccc2C)cn1. The zero-order chi connectivity index (χ0) is 22.6. The molecule has 0 aliphatic heterocycles. The van der Waals surface area contributed by atoms with E-state index in [0.29, 0.717) is 17.1 Å². The molecule has 3 aromatic rings. The largest absolute Gasteiger partial charge is 0.485 e. The molecule has 0 bridgehead atoms. The fraction of sp³-hybridized carbons (Fsp3) is 0.286. The summed E-state index contributed by atoms with van der Waals surface area (Å²) < 4.78 is 33.4. The average molecular weight is 428 g/mol. The Kier molecular flexibility index (Phi) is 6.38. The number of nitrogens with zero attached hydrogens (tertiary/aromatic N) is 4. The number of nitrogens with one attached hydrogen (secondary N) is 2. The van der Waals surface area contributed by atoms with Crippen LogP contribution in [0.15, 0.2) is 36.8 Å². The van der Waals surface area contributed by atoms with Gasteiger partial charge in [0.1, 0.15) is 18.2 Å². The number of amides is 1. The van der Waals surface area contributed by atoms with E-state index in [1.807, 2.05) is 13.0 Å². The standard InChI is InChI=1S/C21H22F2N6O2/c1-12-5-6-24-9-15(12)11-31-17-10-25-18(27-14(3)30)8-16(17)28-19-7-13(2)26-20(29-19)21(4,22)23/h5-10H,11H2,1-4H3,(H2,25,26,27,28,29,30). The second-order valence-electron chi connectivity index (χ2n) is 7.07. The van der Waals surface area contributed by atoms with Crippen LogP contribution in [0.4, 0.5) is 26.1 Å². The normalized spacial score (nSPS) is 11.2. The number of aromatic nitrogens is 4. The molecule has 1 amide bonds. The quantitative estimate of drug-likeness (QED) is 0.579. The summed E-state index contributed by atoms with van der Waals surface area (Å²) in [7, 11) is 0. The Labute approximate surface area is 178 Å². The third kappa shape index (κ3) is 5.91. The lowest BCUT2D eigenvalue weighted by Gasteiger charge is -2.16. The molecule has 31 heavy (non-hydrogen) atoms. The summed E-state index contributed by atoms with van der Waals surface area (Å²) in [4.78, 5) is 27.4. The van der Waals surface area contributed by atoms with Crippen molar-refractivity contribution in [2.45, 2.75) is 40.2 Å². The highest BCUT2D eigenvalue weighted by Crippen LogP contribution is 2.31. The third-order valence-electron chi connectivity index (χ3n) is 4.21. The van der Waals surface area contributed by atoms with E-state index in [1.54, 1.807) is 19.3 Å². The number of ether oxygens (including phenoxy) is 1. The van der Waals surface area contributed by atoms with E-state index >= 15 is 0 Å². The van der Waals surface area contributed by atoms with Crippen molar-refractivity contribution >= 4 is 23.2 Å². The van der Waals surface area contributed by atoms with Crippen molar-refractivity contribution in [3.05, 3.63) is 59.4 Å². The lowest BCUT2D eigenvalue weighted by Crippen LogP contribution is -2.14. The molecule has 0 spiro atoms. The van der Waals surface area contributed by atoms with E-state index in [1.165, 1.54) is 25.3 Å². The Bertz CT molecular complexity index is 1100. The van der Waals surface area contributed by atoms with Gasteiger partial charge in [0, 0.05) is 49.6 Å². The number of hydrogen-bond acceptors (Lipinski definition) is 7. The Morgan fingerprint density at radius 1 is 1.16 bits per heavy atom. The molecule has 3 aromatic heterocycles. The van der Waals surface area contributed by atoms with Gasteiger partial charge in [0.15, 0.2) is 5.75 Å². The molecule has 162 valence electrons. The number of hydrogen-bond donors (Lipinski definition) is 2. The molecule has 2 N–H and O–H groups in total. The number of anilines is 3. The molecule has 0 aromatic carbocycles. The number of carbonyl (C=O) groups is 1. The summed E-state index contributed by atoms with van der Waals surface area (Å²) in [5, 5.41) is 5.55. The van der Waals surface area contributed by atoms with Crippen molar-refractivity contribution in [3.63, 3.8) is 0 Å². The molecule has 0 fully saturated rings. The van der Waals surface area contributed by atoms with Crippen LogP contribution in [0.1, 0.15) is 36.5 Å². The van der Waals surface area contributed by atoms with Gasteiger partial charge in [-0.3, -0.25) is 9.78 Å². The molecule has 0 aliphatic carbocycles. The predicted molar refractivity (Wildman–Crippen MR) is 111 cm³/mol. The van der Waals surface area contributed by atoms with Gasteiger partial charge in [-0.25, -0.2) is 15.0 Å². The van der Waals surface area contributed by atoms with Crippen LogP contribution < -0.4 is 15.4 Å². The molecule has 3 rings (SSSR count). The van der Waals surface area contributed by atoms with Gasteiger partial charge in [-0.2, -0.15) is 8.78 Å². The maximum atomic E-state index is 13.7. The molecule has 0 saturated heterocycles. The van der Waals surface area contributed by atoms with Crippen molar-refractivity contribution in [3.8, 4) is 5.75 Å². The molecule has 10 heteroatoms. The van der Waals surface area contributed by atoms with Gasteiger partial charge in [0.2, 0.25) is 11.7 Å². The Morgan fingerprint density at radius 2 is 1.94 bits per heavy atom. The Balaban J connectivity index is 1.93. The Hall–Kier alpha value is -3.69. The highest BCUT2D eigenvalue weighted by molar-refractivity contribution is 5.88. The van der Waals surface area contributed by atoms with Crippen LogP contribution >= 0.6 is 0 Å². The third-order valence-corrected chi connectivity index (χ3v) is 4.21. The number of halogens is 2. The van der Waals surface area contributed by atoms with Crippen molar-refractivity contribution in [1.82, 2.24) is 19.9 Å². The summed E-state index contributed by atoms with van der Waals surface area (Å²) in [6, 6.07) is 4.93.